The summed E-state index contributed by atoms with van der Waals surface area (Å²) in [6, 6.07) is 0. The summed E-state index contributed by atoms with van der Waals surface area (Å²) < 4.78 is 0. The number of rotatable bonds is 0. The fourth-order valence-corrected chi connectivity index (χ4v) is 2.93. The van der Waals surface area contributed by atoms with Gasteiger partial charge >= 0.3 is 0 Å². The Bertz CT molecular complexity index is 523. The SMILES string of the molecule is O=C1CCC2=C(C1=O)C1=C(C=C1)N=CCS2. The van der Waals surface area contributed by atoms with Gasteiger partial charge in [-0.05, 0) is 23.5 Å². The van der Waals surface area contributed by atoms with Crippen LogP contribution in [0.15, 0.2) is 38.9 Å². The molecule has 0 atom stereocenters. The molecule has 1 heterocycles. The monoisotopic (exact) mass is 231 g/mol. The van der Waals surface area contributed by atoms with Crippen molar-refractivity contribution in [1.82, 2.24) is 0 Å². The molecule has 2 aliphatic carbocycles. The number of hydrogen-bond acceptors (Lipinski definition) is 4. The van der Waals surface area contributed by atoms with Crippen LogP contribution in [0.5, 0.6) is 0 Å². The molecule has 0 radical (unpaired) electrons. The van der Waals surface area contributed by atoms with Crippen molar-refractivity contribution in [3.8, 4) is 0 Å². The van der Waals surface area contributed by atoms with E-state index < -0.39 is 0 Å². The second-order valence-electron chi connectivity index (χ2n) is 3.81. The summed E-state index contributed by atoms with van der Waals surface area (Å²) in [7, 11) is 0. The first kappa shape index (κ1) is 9.78. The van der Waals surface area contributed by atoms with E-state index in [9.17, 15) is 9.59 Å². The fourth-order valence-electron chi connectivity index (χ4n) is 1.99. The minimum absolute atomic E-state index is 0.268. The summed E-state index contributed by atoms with van der Waals surface area (Å²) in [6.07, 6.45) is 6.65. The summed E-state index contributed by atoms with van der Waals surface area (Å²) in [5, 5.41) is 0. The topological polar surface area (TPSA) is 46.5 Å². The van der Waals surface area contributed by atoms with Crippen molar-refractivity contribution in [2.75, 3.05) is 5.75 Å². The van der Waals surface area contributed by atoms with Crippen LogP contribution in [0.25, 0.3) is 0 Å². The Morgan fingerprint density at radius 3 is 2.81 bits per heavy atom. The third-order valence-corrected chi connectivity index (χ3v) is 3.93. The summed E-state index contributed by atoms with van der Waals surface area (Å²) in [6.45, 7) is 0. The van der Waals surface area contributed by atoms with Crippen LogP contribution < -0.4 is 0 Å². The van der Waals surface area contributed by atoms with Gasteiger partial charge in [-0.2, -0.15) is 0 Å². The molecule has 0 spiro atoms. The van der Waals surface area contributed by atoms with Crippen LogP contribution >= 0.6 is 11.8 Å². The van der Waals surface area contributed by atoms with Crippen LogP contribution in [-0.4, -0.2) is 23.5 Å². The summed E-state index contributed by atoms with van der Waals surface area (Å²) in [4.78, 5) is 28.6. The van der Waals surface area contributed by atoms with E-state index in [0.717, 1.165) is 21.9 Å². The van der Waals surface area contributed by atoms with Crippen molar-refractivity contribution in [3.05, 3.63) is 33.9 Å². The normalized spacial score (nSPS) is 23.8. The molecule has 0 saturated carbocycles. The van der Waals surface area contributed by atoms with E-state index in [4.69, 9.17) is 0 Å². The molecule has 3 rings (SSSR count). The van der Waals surface area contributed by atoms with Crippen LogP contribution in [0, 0.1) is 0 Å². The minimum Gasteiger partial charge on any atom is -0.290 e. The standard InChI is InChI=1S/C12H9NO2S/c14-9-3-4-10-11(12(9)15)7-1-2-8(7)13-5-6-16-10/h1-2,5H,3-4,6H2. The Morgan fingerprint density at radius 1 is 1.19 bits per heavy atom. The number of thioether (sulfide) groups is 1. The second-order valence-corrected chi connectivity index (χ2v) is 4.92. The van der Waals surface area contributed by atoms with Crippen molar-refractivity contribution in [2.24, 2.45) is 4.99 Å². The lowest BCUT2D eigenvalue weighted by Crippen LogP contribution is -2.24. The number of aliphatic imine (C=N–C) groups is 1. The van der Waals surface area contributed by atoms with Crippen LogP contribution in [0.4, 0.5) is 0 Å². The Labute approximate surface area is 97.0 Å². The van der Waals surface area contributed by atoms with Gasteiger partial charge in [0.15, 0.2) is 0 Å². The van der Waals surface area contributed by atoms with Gasteiger partial charge in [0.1, 0.15) is 0 Å². The van der Waals surface area contributed by atoms with Gasteiger partial charge in [0.2, 0.25) is 11.6 Å². The largest absolute Gasteiger partial charge is 0.290 e. The minimum atomic E-state index is -0.331. The molecular formula is C12H9NO2S. The number of hydrogen-bond donors (Lipinski definition) is 0. The summed E-state index contributed by atoms with van der Waals surface area (Å²) in [5.74, 6) is 0.170. The van der Waals surface area contributed by atoms with Crippen molar-refractivity contribution in [3.63, 3.8) is 0 Å². The van der Waals surface area contributed by atoms with Gasteiger partial charge in [-0.1, -0.05) is 0 Å². The molecule has 0 fully saturated rings. The number of allylic oxidation sites excluding steroid dienone is 5. The van der Waals surface area contributed by atoms with E-state index in [-0.39, 0.29) is 11.6 Å². The average Bonchev–Trinajstić information content (AvgIpc) is 2.23. The first-order valence-electron chi connectivity index (χ1n) is 5.16. The Morgan fingerprint density at radius 2 is 2.06 bits per heavy atom. The molecule has 1 aliphatic heterocycles. The number of fused-ring (bicyclic) bond motifs is 1. The highest BCUT2D eigenvalue weighted by Crippen LogP contribution is 2.39. The Balaban J connectivity index is 2.14. The molecule has 0 bridgehead atoms. The molecular weight excluding hydrogens is 222 g/mol. The van der Waals surface area contributed by atoms with Gasteiger partial charge in [-0.3, -0.25) is 14.6 Å². The number of ketones is 2. The summed E-state index contributed by atoms with van der Waals surface area (Å²) >= 11 is 1.62. The zero-order chi connectivity index (χ0) is 11.1. The van der Waals surface area contributed by atoms with E-state index in [1.165, 1.54) is 0 Å². The van der Waals surface area contributed by atoms with Gasteiger partial charge in [-0.15, -0.1) is 11.8 Å². The molecule has 0 aromatic rings. The van der Waals surface area contributed by atoms with E-state index in [1.54, 1.807) is 11.8 Å². The predicted molar refractivity (Wildman–Crippen MR) is 63.4 cm³/mol. The average molecular weight is 231 g/mol. The molecule has 0 saturated heterocycles. The van der Waals surface area contributed by atoms with E-state index in [1.807, 2.05) is 18.4 Å². The molecule has 16 heavy (non-hydrogen) atoms. The van der Waals surface area contributed by atoms with E-state index in [2.05, 4.69) is 4.99 Å². The van der Waals surface area contributed by atoms with Crippen LogP contribution in [0.3, 0.4) is 0 Å². The number of carbonyl (C=O) groups excluding carboxylic acids is 2. The highest BCUT2D eigenvalue weighted by Gasteiger charge is 2.32. The lowest BCUT2D eigenvalue weighted by molar-refractivity contribution is -0.134. The second kappa shape index (κ2) is 3.56. The lowest BCUT2D eigenvalue weighted by atomic mass is 9.86. The van der Waals surface area contributed by atoms with Gasteiger partial charge in [0.25, 0.3) is 0 Å². The highest BCUT2D eigenvalue weighted by atomic mass is 32.2. The maximum Gasteiger partial charge on any atom is 0.230 e. The highest BCUT2D eigenvalue weighted by molar-refractivity contribution is 8.03. The molecule has 0 unspecified atom stereocenters. The summed E-state index contributed by atoms with van der Waals surface area (Å²) in [5.41, 5.74) is 2.28. The van der Waals surface area contributed by atoms with Gasteiger partial charge in [0.05, 0.1) is 5.70 Å². The zero-order valence-electron chi connectivity index (χ0n) is 8.53. The molecule has 0 aromatic carbocycles. The maximum absolute atomic E-state index is 11.9. The first-order chi connectivity index (χ1) is 7.77. The van der Waals surface area contributed by atoms with Crippen LogP contribution in [0.2, 0.25) is 0 Å². The fraction of sp³-hybridized carbons (Fsp3) is 0.250. The Kier molecular flexibility index (Phi) is 2.17. The maximum atomic E-state index is 11.9. The lowest BCUT2D eigenvalue weighted by Gasteiger charge is -2.23. The molecule has 4 heteroatoms. The Hall–Kier alpha value is -1.42. The predicted octanol–water partition coefficient (Wildman–Crippen LogP) is 1.81. The molecule has 3 nitrogen and oxygen atoms in total. The molecule has 80 valence electrons. The third-order valence-electron chi connectivity index (χ3n) is 2.85. The number of nitrogens with zero attached hydrogens (tertiary/aromatic N) is 1. The van der Waals surface area contributed by atoms with Gasteiger partial charge in [-0.25, -0.2) is 0 Å². The van der Waals surface area contributed by atoms with Crippen molar-refractivity contribution < 1.29 is 9.59 Å². The zero-order valence-corrected chi connectivity index (χ0v) is 9.34. The van der Waals surface area contributed by atoms with Gasteiger partial charge < -0.3 is 0 Å². The van der Waals surface area contributed by atoms with Crippen LogP contribution in [0.1, 0.15) is 12.8 Å². The first-order valence-corrected chi connectivity index (χ1v) is 6.14. The quantitative estimate of drug-likeness (QED) is 0.597. The van der Waals surface area contributed by atoms with Crippen LogP contribution in [-0.2, 0) is 9.59 Å². The third kappa shape index (κ3) is 1.33. The van der Waals surface area contributed by atoms with Gasteiger partial charge in [0, 0.05) is 29.5 Å². The van der Waals surface area contributed by atoms with Crippen molar-refractivity contribution in [2.45, 2.75) is 12.8 Å². The number of Topliss-reactive ketones (excluding diaryl/α,β-unsaturated/α-hetero) is 2. The van der Waals surface area contributed by atoms with Crippen molar-refractivity contribution in [1.29, 1.82) is 0 Å². The molecule has 0 aromatic heterocycles. The van der Waals surface area contributed by atoms with Crippen molar-refractivity contribution >= 4 is 29.5 Å². The van der Waals surface area contributed by atoms with E-state index >= 15 is 0 Å². The smallest absolute Gasteiger partial charge is 0.230 e. The molecule has 3 aliphatic rings. The van der Waals surface area contributed by atoms with E-state index in [0.29, 0.717) is 18.4 Å². The molecule has 0 N–H and O–H groups in total. The number of carbonyl (C=O) groups is 2. The molecule has 0 amide bonds.